The van der Waals surface area contributed by atoms with Gasteiger partial charge in [-0.2, -0.15) is 5.10 Å². The van der Waals surface area contributed by atoms with Crippen LogP contribution >= 0.6 is 0 Å². The van der Waals surface area contributed by atoms with Gasteiger partial charge in [0.25, 0.3) is 5.56 Å². The summed E-state index contributed by atoms with van der Waals surface area (Å²) in [4.78, 5) is 27.1. The Morgan fingerprint density at radius 2 is 2.30 bits per heavy atom. The van der Waals surface area contributed by atoms with E-state index in [2.05, 4.69) is 10.1 Å². The molecule has 0 saturated heterocycles. The summed E-state index contributed by atoms with van der Waals surface area (Å²) in [5, 5.41) is 13.2. The second-order valence-corrected chi connectivity index (χ2v) is 4.29. The first kappa shape index (κ1) is 12.2. The van der Waals surface area contributed by atoms with Crippen molar-refractivity contribution in [2.24, 2.45) is 7.05 Å². The molecule has 3 aromatic rings. The number of fused-ring (bicyclic) bond motifs is 1. The molecule has 102 valence electrons. The Balaban J connectivity index is 2.00. The number of carboxylic acid groups (broad SMARTS) is 1. The lowest BCUT2D eigenvalue weighted by molar-refractivity contribution is 0.0696. The third-order valence-electron chi connectivity index (χ3n) is 2.95. The van der Waals surface area contributed by atoms with Gasteiger partial charge in [0.15, 0.2) is 5.65 Å². The Bertz CT molecular complexity index is 858. The van der Waals surface area contributed by atoms with Crippen molar-refractivity contribution >= 4 is 17.0 Å². The van der Waals surface area contributed by atoms with E-state index in [1.807, 2.05) is 0 Å². The van der Waals surface area contributed by atoms with Gasteiger partial charge in [0, 0.05) is 7.05 Å². The summed E-state index contributed by atoms with van der Waals surface area (Å²) in [6.45, 7) is 0.115. The molecule has 0 fully saturated rings. The molecule has 0 spiro atoms. The summed E-state index contributed by atoms with van der Waals surface area (Å²) in [6.07, 6.45) is 3.97. The highest BCUT2D eigenvalue weighted by molar-refractivity contribution is 5.87. The van der Waals surface area contributed by atoms with E-state index in [1.165, 1.54) is 27.8 Å². The molecule has 0 aromatic carbocycles. The minimum atomic E-state index is -1.08. The lowest BCUT2D eigenvalue weighted by atomic mass is 10.3. The van der Waals surface area contributed by atoms with Crippen LogP contribution in [0.1, 0.15) is 16.1 Å². The first-order chi connectivity index (χ1) is 9.56. The summed E-state index contributed by atoms with van der Waals surface area (Å²) >= 11 is 0. The number of aryl methyl sites for hydroxylation is 1. The van der Waals surface area contributed by atoms with Crippen molar-refractivity contribution in [1.29, 1.82) is 0 Å². The van der Waals surface area contributed by atoms with Gasteiger partial charge >= 0.3 is 5.97 Å². The molecule has 1 N–H and O–H groups in total. The van der Waals surface area contributed by atoms with E-state index in [0.29, 0.717) is 16.8 Å². The average molecular weight is 274 g/mol. The Morgan fingerprint density at radius 3 is 3.00 bits per heavy atom. The fourth-order valence-electron chi connectivity index (χ4n) is 1.92. The van der Waals surface area contributed by atoms with Crippen LogP contribution in [-0.4, -0.2) is 30.4 Å². The van der Waals surface area contributed by atoms with Crippen LogP contribution in [0.5, 0.6) is 0 Å². The molecule has 0 aliphatic rings. The minimum Gasteiger partial charge on any atom is -0.478 e. The van der Waals surface area contributed by atoms with Gasteiger partial charge in [-0.3, -0.25) is 14.0 Å². The fourth-order valence-corrected chi connectivity index (χ4v) is 1.92. The highest BCUT2D eigenvalue weighted by Crippen LogP contribution is 2.10. The van der Waals surface area contributed by atoms with Crippen LogP contribution in [0.25, 0.3) is 11.0 Å². The second kappa shape index (κ2) is 4.34. The molecule has 20 heavy (non-hydrogen) atoms. The molecule has 0 radical (unpaired) electrons. The van der Waals surface area contributed by atoms with E-state index in [0.717, 1.165) is 6.26 Å². The van der Waals surface area contributed by atoms with Crippen LogP contribution in [0.2, 0.25) is 0 Å². The number of nitrogens with zero attached hydrogens (tertiary/aromatic N) is 4. The summed E-state index contributed by atoms with van der Waals surface area (Å²) in [5.41, 5.74) is 0.289. The van der Waals surface area contributed by atoms with Crippen LogP contribution in [0, 0.1) is 0 Å². The number of aromatic carboxylic acids is 1. The zero-order valence-electron chi connectivity index (χ0n) is 10.5. The highest BCUT2D eigenvalue weighted by Gasteiger charge is 2.12. The number of hydrogen-bond donors (Lipinski definition) is 1. The first-order valence-corrected chi connectivity index (χ1v) is 5.74. The topological polar surface area (TPSA) is 103 Å². The molecule has 8 heteroatoms. The standard InChI is InChI=1S/C12H10N4O4/c1-15-10-9(3-14-15)11(17)16(6-13-10)4-8-2-7(5-20-8)12(18)19/h2-3,5-6H,4H2,1H3,(H,18,19). The van der Waals surface area contributed by atoms with Crippen LogP contribution in [0.4, 0.5) is 0 Å². The minimum absolute atomic E-state index is 0.0449. The van der Waals surface area contributed by atoms with E-state index < -0.39 is 5.97 Å². The van der Waals surface area contributed by atoms with Crippen molar-refractivity contribution in [1.82, 2.24) is 19.3 Å². The number of carbonyl (C=O) groups is 1. The Hall–Kier alpha value is -2.90. The Morgan fingerprint density at radius 1 is 1.50 bits per heavy atom. The van der Waals surface area contributed by atoms with E-state index in [9.17, 15) is 9.59 Å². The molecule has 8 nitrogen and oxygen atoms in total. The molecule has 0 aliphatic carbocycles. The monoisotopic (exact) mass is 274 g/mol. The molecule has 0 unspecified atom stereocenters. The van der Waals surface area contributed by atoms with Crippen LogP contribution in [-0.2, 0) is 13.6 Å². The molecule has 0 amide bonds. The van der Waals surface area contributed by atoms with Crippen molar-refractivity contribution < 1.29 is 14.3 Å². The third kappa shape index (κ3) is 1.87. The second-order valence-electron chi connectivity index (χ2n) is 4.29. The number of furan rings is 1. The van der Waals surface area contributed by atoms with E-state index in [1.54, 1.807) is 7.05 Å². The van der Waals surface area contributed by atoms with Crippen molar-refractivity contribution in [3.8, 4) is 0 Å². The van der Waals surface area contributed by atoms with Gasteiger partial charge in [-0.25, -0.2) is 9.78 Å². The van der Waals surface area contributed by atoms with Crippen LogP contribution in [0.3, 0.4) is 0 Å². The van der Waals surface area contributed by atoms with E-state index >= 15 is 0 Å². The zero-order chi connectivity index (χ0) is 14.3. The summed E-state index contributed by atoms with van der Waals surface area (Å²) < 4.78 is 7.97. The van der Waals surface area contributed by atoms with Crippen molar-refractivity contribution in [3.05, 3.63) is 46.5 Å². The molecule has 0 bridgehead atoms. The van der Waals surface area contributed by atoms with Gasteiger partial charge in [0.1, 0.15) is 23.7 Å². The van der Waals surface area contributed by atoms with Gasteiger partial charge in [-0.15, -0.1) is 0 Å². The third-order valence-corrected chi connectivity index (χ3v) is 2.95. The number of hydrogen-bond acceptors (Lipinski definition) is 5. The molecule has 0 saturated carbocycles. The maximum absolute atomic E-state index is 12.2. The highest BCUT2D eigenvalue weighted by atomic mass is 16.4. The molecule has 3 aromatic heterocycles. The quantitative estimate of drug-likeness (QED) is 0.744. The summed E-state index contributed by atoms with van der Waals surface area (Å²) in [5.74, 6) is -0.706. The lowest BCUT2D eigenvalue weighted by Crippen LogP contribution is -2.20. The van der Waals surface area contributed by atoms with E-state index in [4.69, 9.17) is 9.52 Å². The van der Waals surface area contributed by atoms with Gasteiger partial charge in [-0.1, -0.05) is 0 Å². The summed E-state index contributed by atoms with van der Waals surface area (Å²) in [7, 11) is 1.70. The van der Waals surface area contributed by atoms with Crippen molar-refractivity contribution in [3.63, 3.8) is 0 Å². The molecular formula is C12H10N4O4. The normalized spacial score (nSPS) is 11.1. The van der Waals surface area contributed by atoms with Gasteiger partial charge in [0.05, 0.1) is 18.3 Å². The molecule has 3 heterocycles. The van der Waals surface area contributed by atoms with Gasteiger partial charge in [0.2, 0.25) is 0 Å². The first-order valence-electron chi connectivity index (χ1n) is 5.74. The summed E-state index contributed by atoms with van der Waals surface area (Å²) in [6, 6.07) is 1.38. The predicted molar refractivity (Wildman–Crippen MR) is 67.5 cm³/mol. The molecule has 0 atom stereocenters. The maximum Gasteiger partial charge on any atom is 0.338 e. The predicted octanol–water partition coefficient (Wildman–Crippen LogP) is 0.469. The number of carboxylic acids is 1. The Labute approximate surface area is 111 Å². The zero-order valence-corrected chi connectivity index (χ0v) is 10.5. The number of rotatable bonds is 3. The molecule has 3 rings (SSSR count). The van der Waals surface area contributed by atoms with Crippen molar-refractivity contribution in [2.45, 2.75) is 6.54 Å². The maximum atomic E-state index is 12.2. The van der Waals surface area contributed by atoms with Gasteiger partial charge < -0.3 is 9.52 Å². The van der Waals surface area contributed by atoms with Gasteiger partial charge in [-0.05, 0) is 6.07 Å². The molecular weight excluding hydrogens is 264 g/mol. The van der Waals surface area contributed by atoms with E-state index in [-0.39, 0.29) is 17.7 Å². The smallest absolute Gasteiger partial charge is 0.338 e. The number of aromatic nitrogens is 4. The Kier molecular flexibility index (Phi) is 2.63. The molecule has 0 aliphatic heterocycles. The van der Waals surface area contributed by atoms with Crippen LogP contribution < -0.4 is 5.56 Å². The average Bonchev–Trinajstić information content (AvgIpc) is 3.01. The fraction of sp³-hybridized carbons (Fsp3) is 0.167. The SMILES string of the molecule is Cn1ncc2c(=O)n(Cc3cc(C(=O)O)co3)cnc21. The van der Waals surface area contributed by atoms with Crippen molar-refractivity contribution in [2.75, 3.05) is 0 Å². The largest absolute Gasteiger partial charge is 0.478 e. The van der Waals surface area contributed by atoms with Crippen LogP contribution in [0.15, 0.2) is 34.1 Å². The lowest BCUT2D eigenvalue weighted by Gasteiger charge is -2.02.